The van der Waals surface area contributed by atoms with E-state index in [1.807, 2.05) is 12.1 Å². The van der Waals surface area contributed by atoms with Gasteiger partial charge in [0.05, 0.1) is 5.56 Å². The van der Waals surface area contributed by atoms with Gasteiger partial charge in [-0.1, -0.05) is 23.9 Å². The van der Waals surface area contributed by atoms with Crippen LogP contribution >= 0.6 is 11.8 Å². The normalized spacial score (nSPS) is 12.3. The number of hydrogen-bond acceptors (Lipinski definition) is 4. The summed E-state index contributed by atoms with van der Waals surface area (Å²) in [5, 5.41) is 7.72. The molecule has 1 N–H and O–H groups in total. The first-order valence-electron chi connectivity index (χ1n) is 6.48. The van der Waals surface area contributed by atoms with Crippen molar-refractivity contribution in [2.24, 2.45) is 0 Å². The van der Waals surface area contributed by atoms with Crippen molar-refractivity contribution in [3.8, 4) is 11.4 Å². The third kappa shape index (κ3) is 3.11. The van der Waals surface area contributed by atoms with E-state index in [0.717, 1.165) is 5.56 Å². The number of H-pyrrole nitrogens is 1. The number of halogens is 1. The molecular formula is C15H13FN4S. The molecule has 4 nitrogen and oxygen atoms in total. The average Bonchev–Trinajstić information content (AvgIpc) is 2.97. The summed E-state index contributed by atoms with van der Waals surface area (Å²) in [4.78, 5) is 8.35. The summed E-state index contributed by atoms with van der Waals surface area (Å²) in [6.45, 7) is 2.07. The predicted molar refractivity (Wildman–Crippen MR) is 80.3 cm³/mol. The molecule has 0 aliphatic rings. The van der Waals surface area contributed by atoms with Crippen molar-refractivity contribution in [1.29, 1.82) is 0 Å². The third-order valence-electron chi connectivity index (χ3n) is 3.05. The maximum Gasteiger partial charge on any atom is 0.209 e. The minimum Gasteiger partial charge on any atom is -0.265 e. The van der Waals surface area contributed by atoms with Crippen molar-refractivity contribution in [3.05, 3.63) is 60.2 Å². The van der Waals surface area contributed by atoms with Crippen molar-refractivity contribution >= 4 is 11.8 Å². The summed E-state index contributed by atoms with van der Waals surface area (Å²) in [6, 6.07) is 10.4. The highest BCUT2D eigenvalue weighted by molar-refractivity contribution is 7.99. The molecule has 1 atom stereocenters. The molecule has 1 aromatic carbocycles. The molecule has 0 spiro atoms. The summed E-state index contributed by atoms with van der Waals surface area (Å²) in [5.41, 5.74) is 1.57. The van der Waals surface area contributed by atoms with Gasteiger partial charge in [0.15, 0.2) is 5.82 Å². The standard InChI is InChI=1S/C15H13FN4S/c1-10(11-6-8-17-9-7-11)21-15-18-14(19-20-15)12-4-2-3-5-13(12)16/h2-10H,1H3,(H,18,19,20). The summed E-state index contributed by atoms with van der Waals surface area (Å²) < 4.78 is 13.7. The minimum absolute atomic E-state index is 0.192. The van der Waals surface area contributed by atoms with Gasteiger partial charge in [-0.2, -0.15) is 0 Å². The van der Waals surface area contributed by atoms with Crippen LogP contribution in [0.25, 0.3) is 11.4 Å². The number of aromatic nitrogens is 4. The Bertz CT molecular complexity index is 729. The SMILES string of the molecule is CC(Sc1n[nH]c(-c2ccccc2F)n1)c1ccncc1. The van der Waals surface area contributed by atoms with Crippen LogP contribution in [0.2, 0.25) is 0 Å². The van der Waals surface area contributed by atoms with Crippen LogP contribution in [0.4, 0.5) is 4.39 Å². The Morgan fingerprint density at radius 3 is 2.67 bits per heavy atom. The molecule has 106 valence electrons. The molecule has 3 rings (SSSR count). The molecule has 0 saturated carbocycles. The van der Waals surface area contributed by atoms with Gasteiger partial charge in [0.25, 0.3) is 0 Å². The monoisotopic (exact) mass is 300 g/mol. The van der Waals surface area contributed by atoms with Gasteiger partial charge in [-0.15, -0.1) is 5.10 Å². The van der Waals surface area contributed by atoms with Crippen LogP contribution in [-0.4, -0.2) is 20.2 Å². The molecule has 0 amide bonds. The highest BCUT2D eigenvalue weighted by atomic mass is 32.2. The van der Waals surface area contributed by atoms with E-state index in [1.165, 1.54) is 17.8 Å². The second-order valence-corrected chi connectivity index (χ2v) is 5.80. The van der Waals surface area contributed by atoms with Gasteiger partial charge in [-0.25, -0.2) is 9.37 Å². The zero-order valence-electron chi connectivity index (χ0n) is 11.3. The van der Waals surface area contributed by atoms with Gasteiger partial charge in [0.2, 0.25) is 5.16 Å². The fourth-order valence-electron chi connectivity index (χ4n) is 1.93. The Labute approximate surface area is 125 Å². The van der Waals surface area contributed by atoms with Crippen molar-refractivity contribution in [2.75, 3.05) is 0 Å². The molecule has 0 fully saturated rings. The van der Waals surface area contributed by atoms with Crippen molar-refractivity contribution in [2.45, 2.75) is 17.3 Å². The van der Waals surface area contributed by atoms with E-state index in [9.17, 15) is 4.39 Å². The molecule has 0 aliphatic heterocycles. The first-order chi connectivity index (χ1) is 10.2. The quantitative estimate of drug-likeness (QED) is 0.743. The van der Waals surface area contributed by atoms with Crippen LogP contribution in [0.3, 0.4) is 0 Å². The van der Waals surface area contributed by atoms with Gasteiger partial charge >= 0.3 is 0 Å². The lowest BCUT2D eigenvalue weighted by Gasteiger charge is -2.07. The van der Waals surface area contributed by atoms with E-state index in [4.69, 9.17) is 0 Å². The van der Waals surface area contributed by atoms with Gasteiger partial charge in [-0.3, -0.25) is 10.1 Å². The van der Waals surface area contributed by atoms with Crippen molar-refractivity contribution in [3.63, 3.8) is 0 Å². The van der Waals surface area contributed by atoms with Crippen LogP contribution in [0, 0.1) is 5.82 Å². The number of benzene rings is 1. The molecule has 0 saturated heterocycles. The Morgan fingerprint density at radius 2 is 1.90 bits per heavy atom. The second-order valence-electron chi connectivity index (χ2n) is 4.49. The van der Waals surface area contributed by atoms with Crippen molar-refractivity contribution < 1.29 is 4.39 Å². The van der Waals surface area contributed by atoms with Gasteiger partial charge in [0, 0.05) is 17.6 Å². The Balaban J connectivity index is 1.78. The minimum atomic E-state index is -0.313. The fraction of sp³-hybridized carbons (Fsp3) is 0.133. The molecule has 0 aliphatic carbocycles. The topological polar surface area (TPSA) is 54.5 Å². The van der Waals surface area contributed by atoms with E-state index in [1.54, 1.807) is 30.6 Å². The van der Waals surface area contributed by atoms with Gasteiger partial charge < -0.3 is 0 Å². The number of aromatic amines is 1. The first kappa shape index (κ1) is 13.8. The Kier molecular flexibility index (Phi) is 3.96. The highest BCUT2D eigenvalue weighted by Crippen LogP contribution is 2.33. The molecular weight excluding hydrogens is 287 g/mol. The third-order valence-corrected chi connectivity index (χ3v) is 4.07. The van der Waals surface area contributed by atoms with E-state index >= 15 is 0 Å². The number of rotatable bonds is 4. The average molecular weight is 300 g/mol. The van der Waals surface area contributed by atoms with E-state index in [-0.39, 0.29) is 11.1 Å². The summed E-state index contributed by atoms with van der Waals surface area (Å²) in [7, 11) is 0. The zero-order chi connectivity index (χ0) is 14.7. The summed E-state index contributed by atoms with van der Waals surface area (Å²) in [5.74, 6) is 0.130. The largest absolute Gasteiger partial charge is 0.265 e. The molecule has 2 heterocycles. The number of nitrogens with zero attached hydrogens (tertiary/aromatic N) is 3. The van der Waals surface area contributed by atoms with E-state index in [2.05, 4.69) is 27.1 Å². The summed E-state index contributed by atoms with van der Waals surface area (Å²) in [6.07, 6.45) is 3.52. The molecule has 0 radical (unpaired) electrons. The maximum absolute atomic E-state index is 13.7. The molecule has 21 heavy (non-hydrogen) atoms. The Morgan fingerprint density at radius 1 is 1.14 bits per heavy atom. The van der Waals surface area contributed by atoms with Gasteiger partial charge in [-0.05, 0) is 36.8 Å². The van der Waals surface area contributed by atoms with Crippen LogP contribution < -0.4 is 0 Å². The summed E-state index contributed by atoms with van der Waals surface area (Å²) >= 11 is 1.51. The number of nitrogens with one attached hydrogen (secondary N) is 1. The molecule has 2 aromatic heterocycles. The fourth-order valence-corrected chi connectivity index (χ4v) is 2.79. The Hall–Kier alpha value is -2.21. The van der Waals surface area contributed by atoms with Crippen LogP contribution in [0.15, 0.2) is 53.9 Å². The first-order valence-corrected chi connectivity index (χ1v) is 7.36. The van der Waals surface area contributed by atoms with Crippen LogP contribution in [0.1, 0.15) is 17.7 Å². The van der Waals surface area contributed by atoms with Crippen molar-refractivity contribution in [1.82, 2.24) is 20.2 Å². The predicted octanol–water partition coefficient (Wildman–Crippen LogP) is 3.86. The second kappa shape index (κ2) is 6.05. The smallest absolute Gasteiger partial charge is 0.209 e. The lowest BCUT2D eigenvalue weighted by molar-refractivity contribution is 0.630. The highest BCUT2D eigenvalue weighted by Gasteiger charge is 2.13. The lowest BCUT2D eigenvalue weighted by Crippen LogP contribution is -1.89. The van der Waals surface area contributed by atoms with Gasteiger partial charge in [0.1, 0.15) is 5.82 Å². The zero-order valence-corrected chi connectivity index (χ0v) is 12.1. The van der Waals surface area contributed by atoms with E-state index < -0.39 is 0 Å². The maximum atomic E-state index is 13.7. The molecule has 0 bridgehead atoms. The lowest BCUT2D eigenvalue weighted by atomic mass is 10.2. The number of hydrogen-bond donors (Lipinski definition) is 1. The number of thioether (sulfide) groups is 1. The molecule has 1 unspecified atom stereocenters. The van der Waals surface area contributed by atoms with E-state index in [0.29, 0.717) is 16.5 Å². The molecule has 6 heteroatoms. The van der Waals surface area contributed by atoms with Crippen LogP contribution in [-0.2, 0) is 0 Å². The number of pyridine rings is 1. The van der Waals surface area contributed by atoms with Crippen LogP contribution in [0.5, 0.6) is 0 Å². The molecule has 3 aromatic rings.